The summed E-state index contributed by atoms with van der Waals surface area (Å²) in [5, 5.41) is 13.6. The van der Waals surface area contributed by atoms with Crippen LogP contribution < -0.4 is 5.32 Å². The fourth-order valence-corrected chi connectivity index (χ4v) is 2.69. The van der Waals surface area contributed by atoms with Crippen LogP contribution in [0.4, 0.5) is 16.2 Å². The number of para-hydroxylation sites is 2. The molecule has 1 saturated heterocycles. The minimum absolute atomic E-state index is 0.126. The van der Waals surface area contributed by atoms with Crippen LogP contribution in [-0.4, -0.2) is 66.1 Å². The molecule has 0 radical (unpaired) electrons. The molecule has 1 aromatic rings. The number of benzene rings is 1. The Morgan fingerprint density at radius 1 is 1.22 bits per heavy atom. The SMILES string of the molecule is CC(C)COC(=O)N1CCN(CCC(=O)Nc2ccccc2[N+](=O)[O-])CC1. The molecular weight excluding hydrogens is 352 g/mol. The Hall–Kier alpha value is -2.68. The van der Waals surface area contributed by atoms with Crippen molar-refractivity contribution in [2.45, 2.75) is 20.3 Å². The second-order valence-electron chi connectivity index (χ2n) is 6.87. The minimum atomic E-state index is -0.521. The number of amides is 2. The number of carbonyl (C=O) groups is 2. The van der Waals surface area contributed by atoms with Crippen molar-refractivity contribution in [3.63, 3.8) is 0 Å². The van der Waals surface area contributed by atoms with Crippen LogP contribution in [0.5, 0.6) is 0 Å². The van der Waals surface area contributed by atoms with E-state index in [4.69, 9.17) is 4.74 Å². The van der Waals surface area contributed by atoms with Gasteiger partial charge in [0.2, 0.25) is 5.91 Å². The molecule has 0 atom stereocenters. The zero-order chi connectivity index (χ0) is 19.8. The molecule has 1 aliphatic rings. The molecule has 2 amide bonds. The van der Waals surface area contributed by atoms with Crippen molar-refractivity contribution in [3.8, 4) is 0 Å². The Morgan fingerprint density at radius 3 is 2.52 bits per heavy atom. The summed E-state index contributed by atoms with van der Waals surface area (Å²) in [6, 6.07) is 6.06. The monoisotopic (exact) mass is 378 g/mol. The number of carbonyl (C=O) groups excluding carboxylic acids is 2. The normalized spacial score (nSPS) is 14.9. The lowest BCUT2D eigenvalue weighted by molar-refractivity contribution is -0.383. The number of hydrogen-bond donors (Lipinski definition) is 1. The van der Waals surface area contributed by atoms with Crippen molar-refractivity contribution in [2.24, 2.45) is 5.92 Å². The van der Waals surface area contributed by atoms with Crippen LogP contribution >= 0.6 is 0 Å². The fourth-order valence-electron chi connectivity index (χ4n) is 2.69. The maximum absolute atomic E-state index is 12.1. The number of ether oxygens (including phenoxy) is 1. The van der Waals surface area contributed by atoms with Gasteiger partial charge in [-0.25, -0.2) is 4.79 Å². The third-order valence-corrected chi connectivity index (χ3v) is 4.20. The van der Waals surface area contributed by atoms with Crippen molar-refractivity contribution in [1.29, 1.82) is 0 Å². The summed E-state index contributed by atoms with van der Waals surface area (Å²) in [6.45, 7) is 7.35. The largest absolute Gasteiger partial charge is 0.449 e. The Morgan fingerprint density at radius 2 is 1.89 bits per heavy atom. The number of piperazine rings is 1. The number of hydrogen-bond acceptors (Lipinski definition) is 6. The first-order valence-corrected chi connectivity index (χ1v) is 9.04. The standard InChI is InChI=1S/C18H26N4O5/c1-14(2)13-27-18(24)21-11-9-20(10-12-21)8-7-17(23)19-15-5-3-4-6-16(15)22(25)26/h3-6,14H,7-13H2,1-2H3,(H,19,23). The molecular formula is C18H26N4O5. The van der Waals surface area contributed by atoms with Gasteiger partial charge in [0.15, 0.2) is 0 Å². The highest BCUT2D eigenvalue weighted by Crippen LogP contribution is 2.23. The summed E-state index contributed by atoms with van der Waals surface area (Å²) in [5.74, 6) is 0.0252. The van der Waals surface area contributed by atoms with Gasteiger partial charge in [-0.05, 0) is 12.0 Å². The smallest absolute Gasteiger partial charge is 0.409 e. The molecule has 27 heavy (non-hydrogen) atoms. The third-order valence-electron chi connectivity index (χ3n) is 4.20. The predicted molar refractivity (Wildman–Crippen MR) is 101 cm³/mol. The van der Waals surface area contributed by atoms with Crippen LogP contribution in [0.1, 0.15) is 20.3 Å². The van der Waals surface area contributed by atoms with Gasteiger partial charge in [0.25, 0.3) is 5.69 Å². The summed E-state index contributed by atoms with van der Waals surface area (Å²) < 4.78 is 5.22. The predicted octanol–water partition coefficient (Wildman–Crippen LogP) is 2.33. The molecule has 0 bridgehead atoms. The maximum Gasteiger partial charge on any atom is 0.409 e. The number of nitro benzene ring substituents is 1. The third kappa shape index (κ3) is 6.52. The molecule has 148 valence electrons. The lowest BCUT2D eigenvalue weighted by Gasteiger charge is -2.34. The van der Waals surface area contributed by atoms with Crippen molar-refractivity contribution in [1.82, 2.24) is 9.80 Å². The van der Waals surface area contributed by atoms with E-state index in [0.29, 0.717) is 45.2 Å². The number of nitrogens with zero attached hydrogens (tertiary/aromatic N) is 3. The molecule has 0 aliphatic carbocycles. The van der Waals surface area contributed by atoms with Crippen LogP contribution in [0.15, 0.2) is 24.3 Å². The lowest BCUT2D eigenvalue weighted by Crippen LogP contribution is -2.49. The van der Waals surface area contributed by atoms with Crippen molar-refractivity contribution in [3.05, 3.63) is 34.4 Å². The summed E-state index contributed by atoms with van der Waals surface area (Å²) in [5.41, 5.74) is 0.0737. The Balaban J connectivity index is 1.73. The zero-order valence-corrected chi connectivity index (χ0v) is 15.7. The average Bonchev–Trinajstić information content (AvgIpc) is 2.65. The highest BCUT2D eigenvalue weighted by molar-refractivity contribution is 5.93. The summed E-state index contributed by atoms with van der Waals surface area (Å²) in [4.78, 5) is 38.3. The molecule has 1 N–H and O–H groups in total. The van der Waals surface area contributed by atoms with Gasteiger partial charge in [0, 0.05) is 45.2 Å². The highest BCUT2D eigenvalue weighted by atomic mass is 16.6. The van der Waals surface area contributed by atoms with Gasteiger partial charge in [0.05, 0.1) is 11.5 Å². The molecule has 1 aliphatic heterocycles. The Kier molecular flexibility index (Phi) is 7.54. The van der Waals surface area contributed by atoms with Gasteiger partial charge in [-0.3, -0.25) is 19.8 Å². The van der Waals surface area contributed by atoms with E-state index in [1.54, 1.807) is 17.0 Å². The van der Waals surface area contributed by atoms with E-state index in [1.165, 1.54) is 12.1 Å². The summed E-state index contributed by atoms with van der Waals surface area (Å²) in [6.07, 6.45) is -0.0680. The van der Waals surface area contributed by atoms with E-state index in [1.807, 2.05) is 13.8 Å². The maximum atomic E-state index is 12.1. The van der Waals surface area contributed by atoms with Crippen LogP contribution in [0.25, 0.3) is 0 Å². The van der Waals surface area contributed by atoms with Crippen molar-refractivity contribution >= 4 is 23.4 Å². The van der Waals surface area contributed by atoms with E-state index >= 15 is 0 Å². The molecule has 0 unspecified atom stereocenters. The topological polar surface area (TPSA) is 105 Å². The summed E-state index contributed by atoms with van der Waals surface area (Å²) in [7, 11) is 0. The van der Waals surface area contributed by atoms with Crippen molar-refractivity contribution in [2.75, 3.05) is 44.6 Å². The fraction of sp³-hybridized carbons (Fsp3) is 0.556. The van der Waals surface area contributed by atoms with E-state index in [2.05, 4.69) is 10.2 Å². The molecule has 9 nitrogen and oxygen atoms in total. The molecule has 0 spiro atoms. The van der Waals surface area contributed by atoms with Crippen LogP contribution in [-0.2, 0) is 9.53 Å². The van der Waals surface area contributed by atoms with Crippen LogP contribution in [0.2, 0.25) is 0 Å². The van der Waals surface area contributed by atoms with Gasteiger partial charge in [0.1, 0.15) is 5.69 Å². The first kappa shape index (κ1) is 20.6. The quantitative estimate of drug-likeness (QED) is 0.577. The van der Waals surface area contributed by atoms with E-state index in [-0.39, 0.29) is 29.8 Å². The highest BCUT2D eigenvalue weighted by Gasteiger charge is 2.23. The second-order valence-corrected chi connectivity index (χ2v) is 6.87. The number of rotatable bonds is 7. The second kappa shape index (κ2) is 9.86. The Bertz CT molecular complexity index is 671. The van der Waals surface area contributed by atoms with Crippen LogP contribution in [0, 0.1) is 16.0 Å². The van der Waals surface area contributed by atoms with E-state index in [9.17, 15) is 19.7 Å². The molecule has 1 fully saturated rings. The van der Waals surface area contributed by atoms with Gasteiger partial charge in [-0.2, -0.15) is 0 Å². The molecule has 1 aromatic carbocycles. The zero-order valence-electron chi connectivity index (χ0n) is 15.7. The van der Waals surface area contributed by atoms with Gasteiger partial charge in [-0.15, -0.1) is 0 Å². The molecule has 9 heteroatoms. The number of nitrogens with one attached hydrogen (secondary N) is 1. The van der Waals surface area contributed by atoms with Crippen LogP contribution in [0.3, 0.4) is 0 Å². The number of nitro groups is 1. The summed E-state index contributed by atoms with van der Waals surface area (Å²) >= 11 is 0. The van der Waals surface area contributed by atoms with E-state index in [0.717, 1.165) is 0 Å². The first-order valence-electron chi connectivity index (χ1n) is 9.04. The van der Waals surface area contributed by atoms with Gasteiger partial charge >= 0.3 is 6.09 Å². The molecule has 2 rings (SSSR count). The molecule has 0 aromatic heterocycles. The van der Waals surface area contributed by atoms with Gasteiger partial charge < -0.3 is 15.0 Å². The number of anilines is 1. The molecule has 1 heterocycles. The first-order chi connectivity index (χ1) is 12.9. The minimum Gasteiger partial charge on any atom is -0.449 e. The van der Waals surface area contributed by atoms with E-state index < -0.39 is 4.92 Å². The Labute approximate surface area is 158 Å². The van der Waals surface area contributed by atoms with Crippen molar-refractivity contribution < 1.29 is 19.2 Å². The average molecular weight is 378 g/mol. The van der Waals surface area contributed by atoms with Gasteiger partial charge in [-0.1, -0.05) is 26.0 Å². The molecule has 0 saturated carbocycles. The lowest BCUT2D eigenvalue weighted by atomic mass is 10.2.